The standard InChI is InChI=1S/C12H21NOS/c1-4-5-10(3)14-11(8-13)12-9(2)6-7-15-12/h6-7,10-11H,4-5,8,13H2,1-3H3. The van der Waals surface area contributed by atoms with Gasteiger partial charge < -0.3 is 10.5 Å². The highest BCUT2D eigenvalue weighted by molar-refractivity contribution is 7.10. The first-order chi connectivity index (χ1) is 7.19. The van der Waals surface area contributed by atoms with Gasteiger partial charge in [0.25, 0.3) is 0 Å². The molecular weight excluding hydrogens is 206 g/mol. The maximum atomic E-state index is 5.95. The van der Waals surface area contributed by atoms with Crippen LogP contribution in [0.15, 0.2) is 11.4 Å². The summed E-state index contributed by atoms with van der Waals surface area (Å²) in [7, 11) is 0. The van der Waals surface area contributed by atoms with E-state index >= 15 is 0 Å². The summed E-state index contributed by atoms with van der Waals surface area (Å²) in [5.41, 5.74) is 7.05. The molecule has 0 aliphatic rings. The van der Waals surface area contributed by atoms with Crippen LogP contribution in [0, 0.1) is 6.92 Å². The number of hydrogen-bond donors (Lipinski definition) is 1. The van der Waals surface area contributed by atoms with Crippen LogP contribution in [0.1, 0.15) is 43.2 Å². The van der Waals surface area contributed by atoms with Crippen molar-refractivity contribution in [3.05, 3.63) is 21.9 Å². The molecule has 0 aliphatic heterocycles. The lowest BCUT2D eigenvalue weighted by atomic mass is 10.2. The number of rotatable bonds is 6. The van der Waals surface area contributed by atoms with E-state index in [9.17, 15) is 0 Å². The predicted octanol–water partition coefficient (Wildman–Crippen LogP) is 3.26. The molecule has 1 heterocycles. The van der Waals surface area contributed by atoms with E-state index in [1.165, 1.54) is 10.4 Å². The molecular formula is C12H21NOS. The zero-order chi connectivity index (χ0) is 11.3. The second-order valence-corrected chi connectivity index (χ2v) is 4.88. The molecule has 0 aliphatic carbocycles. The van der Waals surface area contributed by atoms with Crippen molar-refractivity contribution >= 4 is 11.3 Å². The van der Waals surface area contributed by atoms with Crippen LogP contribution in [0.3, 0.4) is 0 Å². The third kappa shape index (κ3) is 3.59. The number of thiophene rings is 1. The lowest BCUT2D eigenvalue weighted by Gasteiger charge is -2.20. The Morgan fingerprint density at radius 3 is 2.73 bits per heavy atom. The Hall–Kier alpha value is -0.380. The first-order valence-electron chi connectivity index (χ1n) is 5.58. The molecule has 0 fully saturated rings. The van der Waals surface area contributed by atoms with Crippen LogP contribution < -0.4 is 5.73 Å². The molecule has 15 heavy (non-hydrogen) atoms. The van der Waals surface area contributed by atoms with Crippen molar-refractivity contribution in [1.29, 1.82) is 0 Å². The summed E-state index contributed by atoms with van der Waals surface area (Å²) in [5.74, 6) is 0. The summed E-state index contributed by atoms with van der Waals surface area (Å²) in [6.07, 6.45) is 2.62. The van der Waals surface area contributed by atoms with Crippen molar-refractivity contribution in [3.8, 4) is 0 Å². The monoisotopic (exact) mass is 227 g/mol. The molecule has 0 saturated heterocycles. The lowest BCUT2D eigenvalue weighted by molar-refractivity contribution is -0.00121. The highest BCUT2D eigenvalue weighted by atomic mass is 32.1. The minimum Gasteiger partial charge on any atom is -0.368 e. The Labute approximate surface area is 96.4 Å². The SMILES string of the molecule is CCCC(C)OC(CN)c1sccc1C. The van der Waals surface area contributed by atoms with Gasteiger partial charge in [-0.25, -0.2) is 0 Å². The fraction of sp³-hybridized carbons (Fsp3) is 0.667. The summed E-state index contributed by atoms with van der Waals surface area (Å²) in [6, 6.07) is 2.12. The van der Waals surface area contributed by atoms with Crippen LogP contribution in [0.25, 0.3) is 0 Å². The number of aryl methyl sites for hydroxylation is 1. The van der Waals surface area contributed by atoms with E-state index in [2.05, 4.69) is 32.2 Å². The molecule has 1 aromatic rings. The van der Waals surface area contributed by atoms with Crippen LogP contribution >= 0.6 is 11.3 Å². The van der Waals surface area contributed by atoms with E-state index in [1.54, 1.807) is 11.3 Å². The second kappa shape index (κ2) is 6.26. The molecule has 1 aromatic heterocycles. The number of hydrogen-bond acceptors (Lipinski definition) is 3. The van der Waals surface area contributed by atoms with E-state index in [0.29, 0.717) is 12.6 Å². The van der Waals surface area contributed by atoms with Crippen LogP contribution in [0.4, 0.5) is 0 Å². The average molecular weight is 227 g/mol. The Morgan fingerprint density at radius 1 is 1.53 bits per heavy atom. The van der Waals surface area contributed by atoms with Crippen molar-refractivity contribution < 1.29 is 4.74 Å². The fourth-order valence-electron chi connectivity index (χ4n) is 1.69. The minimum atomic E-state index is 0.0755. The third-order valence-electron chi connectivity index (χ3n) is 2.50. The normalized spacial score (nSPS) is 15.2. The van der Waals surface area contributed by atoms with Crippen LogP contribution in [-0.2, 0) is 4.74 Å². The molecule has 2 nitrogen and oxygen atoms in total. The van der Waals surface area contributed by atoms with Crippen molar-refractivity contribution in [1.82, 2.24) is 0 Å². The molecule has 86 valence electrons. The third-order valence-corrected chi connectivity index (χ3v) is 3.61. The van der Waals surface area contributed by atoms with Crippen LogP contribution in [0.5, 0.6) is 0 Å². The van der Waals surface area contributed by atoms with Gasteiger partial charge in [0, 0.05) is 11.4 Å². The van der Waals surface area contributed by atoms with E-state index < -0.39 is 0 Å². The molecule has 0 radical (unpaired) electrons. The molecule has 2 N–H and O–H groups in total. The second-order valence-electron chi connectivity index (χ2n) is 3.93. The zero-order valence-corrected chi connectivity index (χ0v) is 10.6. The topological polar surface area (TPSA) is 35.2 Å². The maximum Gasteiger partial charge on any atom is 0.104 e. The summed E-state index contributed by atoms with van der Waals surface area (Å²) in [6.45, 7) is 6.97. The van der Waals surface area contributed by atoms with Crippen molar-refractivity contribution in [3.63, 3.8) is 0 Å². The van der Waals surface area contributed by atoms with E-state index in [-0.39, 0.29) is 6.10 Å². The van der Waals surface area contributed by atoms with Gasteiger partial charge in [0.05, 0.1) is 6.10 Å². The van der Waals surface area contributed by atoms with Gasteiger partial charge in [-0.15, -0.1) is 11.3 Å². The van der Waals surface area contributed by atoms with Crippen molar-refractivity contribution in [2.75, 3.05) is 6.54 Å². The lowest BCUT2D eigenvalue weighted by Crippen LogP contribution is -2.20. The minimum absolute atomic E-state index is 0.0755. The molecule has 0 bridgehead atoms. The molecule has 0 aromatic carbocycles. The van der Waals surface area contributed by atoms with Crippen molar-refractivity contribution in [2.24, 2.45) is 5.73 Å². The Morgan fingerprint density at radius 2 is 2.27 bits per heavy atom. The molecule has 0 spiro atoms. The van der Waals surface area contributed by atoms with Gasteiger partial charge in [0.2, 0.25) is 0 Å². The smallest absolute Gasteiger partial charge is 0.104 e. The highest BCUT2D eigenvalue weighted by Gasteiger charge is 2.16. The molecule has 2 unspecified atom stereocenters. The predicted molar refractivity (Wildman–Crippen MR) is 66.3 cm³/mol. The van der Waals surface area contributed by atoms with Gasteiger partial charge in [-0.1, -0.05) is 13.3 Å². The zero-order valence-electron chi connectivity index (χ0n) is 9.82. The van der Waals surface area contributed by atoms with Crippen LogP contribution in [0.2, 0.25) is 0 Å². The van der Waals surface area contributed by atoms with E-state index in [0.717, 1.165) is 12.8 Å². The van der Waals surface area contributed by atoms with Crippen molar-refractivity contribution in [2.45, 2.75) is 45.8 Å². The first-order valence-corrected chi connectivity index (χ1v) is 6.46. The maximum absolute atomic E-state index is 5.95. The quantitative estimate of drug-likeness (QED) is 0.809. The van der Waals surface area contributed by atoms with E-state index in [1.807, 2.05) is 0 Å². The first kappa shape index (κ1) is 12.7. The van der Waals surface area contributed by atoms with Gasteiger partial charge in [0.1, 0.15) is 6.10 Å². The molecule has 2 atom stereocenters. The average Bonchev–Trinajstić information content (AvgIpc) is 2.61. The fourth-order valence-corrected chi connectivity index (χ4v) is 2.67. The van der Waals surface area contributed by atoms with Gasteiger partial charge in [-0.2, -0.15) is 0 Å². The van der Waals surface area contributed by atoms with E-state index in [4.69, 9.17) is 10.5 Å². The molecule has 0 saturated carbocycles. The Kier molecular flexibility index (Phi) is 5.29. The summed E-state index contributed by atoms with van der Waals surface area (Å²) >= 11 is 1.74. The van der Waals surface area contributed by atoms with Gasteiger partial charge in [-0.3, -0.25) is 0 Å². The molecule has 0 amide bonds. The summed E-state index contributed by atoms with van der Waals surface area (Å²) < 4.78 is 5.95. The Bertz CT molecular complexity index is 285. The summed E-state index contributed by atoms with van der Waals surface area (Å²) in [5, 5.41) is 2.10. The van der Waals surface area contributed by atoms with Gasteiger partial charge >= 0.3 is 0 Å². The molecule has 1 rings (SSSR count). The van der Waals surface area contributed by atoms with Gasteiger partial charge in [0.15, 0.2) is 0 Å². The molecule has 3 heteroatoms. The largest absolute Gasteiger partial charge is 0.368 e. The van der Waals surface area contributed by atoms with Gasteiger partial charge in [-0.05, 0) is 37.3 Å². The number of nitrogens with two attached hydrogens (primary N) is 1. The highest BCUT2D eigenvalue weighted by Crippen LogP contribution is 2.27. The van der Waals surface area contributed by atoms with Crippen LogP contribution in [-0.4, -0.2) is 12.6 Å². The Balaban J connectivity index is 2.60. The number of ether oxygens (including phenoxy) is 1. The summed E-state index contributed by atoms with van der Waals surface area (Å²) in [4.78, 5) is 1.28.